The first-order valence-corrected chi connectivity index (χ1v) is 10.6. The lowest BCUT2D eigenvalue weighted by atomic mass is 10.2. The molecule has 3 rings (SSSR count). The Morgan fingerprint density at radius 2 is 2.23 bits per heavy atom. The molecule has 1 aromatic rings. The van der Waals surface area contributed by atoms with Gasteiger partial charge in [0.25, 0.3) is 0 Å². The second-order valence-corrected chi connectivity index (χ2v) is 9.30. The number of hydrogen-bond acceptors (Lipinski definition) is 7. The summed E-state index contributed by atoms with van der Waals surface area (Å²) < 4.78 is 25.3. The number of thioether (sulfide) groups is 1. The molecule has 1 aliphatic heterocycles. The zero-order valence-electron chi connectivity index (χ0n) is 13.2. The number of anilines is 1. The molecule has 0 bridgehead atoms. The van der Waals surface area contributed by atoms with Crippen LogP contribution in [0, 0.1) is 4.78 Å². The molecule has 1 N–H and O–H groups in total. The van der Waals surface area contributed by atoms with E-state index in [2.05, 4.69) is 21.8 Å². The van der Waals surface area contributed by atoms with Gasteiger partial charge in [0.15, 0.2) is 5.16 Å². The Labute approximate surface area is 136 Å². The summed E-state index contributed by atoms with van der Waals surface area (Å²) in [6.07, 6.45) is 5.01. The van der Waals surface area contributed by atoms with E-state index in [4.69, 9.17) is 9.52 Å². The largest absolute Gasteiger partial charge is 0.377 e. The van der Waals surface area contributed by atoms with Crippen LogP contribution in [0.1, 0.15) is 25.5 Å². The summed E-state index contributed by atoms with van der Waals surface area (Å²) in [7, 11) is -2.67. The van der Waals surface area contributed by atoms with E-state index in [9.17, 15) is 4.21 Å². The highest BCUT2D eigenvalue weighted by atomic mass is 32.2. The fourth-order valence-electron chi connectivity index (χ4n) is 2.91. The Hall–Kier alpha value is -0.860. The van der Waals surface area contributed by atoms with Crippen molar-refractivity contribution in [2.75, 3.05) is 37.2 Å². The summed E-state index contributed by atoms with van der Waals surface area (Å²) in [6, 6.07) is 2.19. The number of morpholine rings is 1. The van der Waals surface area contributed by atoms with E-state index in [0.717, 1.165) is 30.9 Å². The lowest BCUT2D eigenvalue weighted by molar-refractivity contribution is 0.0984. The summed E-state index contributed by atoms with van der Waals surface area (Å²) in [4.78, 5) is 11.4. The van der Waals surface area contributed by atoms with Crippen LogP contribution in [0.4, 0.5) is 5.82 Å². The zero-order valence-corrected chi connectivity index (χ0v) is 14.8. The molecule has 2 aliphatic rings. The molecule has 22 heavy (non-hydrogen) atoms. The number of rotatable bonds is 4. The summed E-state index contributed by atoms with van der Waals surface area (Å²) in [6.45, 7) is 4.27. The van der Waals surface area contributed by atoms with Gasteiger partial charge in [-0.15, -0.1) is 0 Å². The molecule has 8 heteroatoms. The van der Waals surface area contributed by atoms with E-state index >= 15 is 0 Å². The molecular weight excluding hydrogens is 320 g/mol. The molecule has 1 saturated heterocycles. The van der Waals surface area contributed by atoms with Crippen molar-refractivity contribution >= 4 is 27.3 Å². The van der Waals surface area contributed by atoms with E-state index < -0.39 is 14.5 Å². The molecule has 122 valence electrons. The molecule has 1 aromatic heterocycles. The van der Waals surface area contributed by atoms with Gasteiger partial charge in [0.2, 0.25) is 0 Å². The van der Waals surface area contributed by atoms with Crippen LogP contribution < -0.4 is 4.90 Å². The Balaban J connectivity index is 2.04. The molecule has 2 heterocycles. The van der Waals surface area contributed by atoms with Crippen molar-refractivity contribution in [2.45, 2.75) is 35.7 Å². The van der Waals surface area contributed by atoms with Gasteiger partial charge >= 0.3 is 0 Å². The quantitative estimate of drug-likeness (QED) is 0.667. The highest BCUT2D eigenvalue weighted by molar-refractivity contribution is 7.98. The molecule has 1 saturated carbocycles. The topological polar surface area (TPSA) is 79.2 Å². The van der Waals surface area contributed by atoms with Crippen molar-refractivity contribution in [3.63, 3.8) is 0 Å². The predicted octanol–water partition coefficient (Wildman–Crippen LogP) is 2.09. The molecular formula is C14H22N4O2S2. The predicted molar refractivity (Wildman–Crippen MR) is 89.1 cm³/mol. The second-order valence-electron chi connectivity index (χ2n) is 6.05. The summed E-state index contributed by atoms with van der Waals surface area (Å²) in [5, 5.41) is 0.682. The standard InChI is InChI=1S/C14H22N4O2S2/c1-10-9-20-7-6-18(10)12-8-11(16-13(17-12)21-2)14(4-5-14)22(3,15)19/h8,10,15H,4-7,9H2,1-3H3/t10-,22-/m1/s1. The molecule has 0 spiro atoms. The molecule has 2 atom stereocenters. The Kier molecular flexibility index (Phi) is 4.11. The van der Waals surface area contributed by atoms with Crippen LogP contribution in [0.5, 0.6) is 0 Å². The number of nitrogens with zero attached hydrogens (tertiary/aromatic N) is 3. The minimum Gasteiger partial charge on any atom is -0.377 e. The van der Waals surface area contributed by atoms with Crippen LogP contribution in [0.15, 0.2) is 11.2 Å². The fraction of sp³-hybridized carbons (Fsp3) is 0.714. The van der Waals surface area contributed by atoms with Gasteiger partial charge in [0, 0.05) is 18.9 Å². The molecule has 6 nitrogen and oxygen atoms in total. The van der Waals surface area contributed by atoms with Crippen molar-refractivity contribution < 1.29 is 8.95 Å². The van der Waals surface area contributed by atoms with Crippen molar-refractivity contribution in [1.82, 2.24) is 9.97 Å². The Morgan fingerprint density at radius 1 is 1.50 bits per heavy atom. The van der Waals surface area contributed by atoms with Gasteiger partial charge in [-0.2, -0.15) is 0 Å². The monoisotopic (exact) mass is 342 g/mol. The average molecular weight is 342 g/mol. The van der Waals surface area contributed by atoms with E-state index in [1.54, 1.807) is 0 Å². The Bertz CT molecular complexity index is 673. The fourth-order valence-corrected chi connectivity index (χ4v) is 4.67. The summed E-state index contributed by atoms with van der Waals surface area (Å²) in [5.41, 5.74) is 0.767. The van der Waals surface area contributed by atoms with Crippen molar-refractivity contribution in [2.24, 2.45) is 0 Å². The maximum Gasteiger partial charge on any atom is 0.189 e. The molecule has 1 aliphatic carbocycles. The molecule has 0 radical (unpaired) electrons. The minimum atomic E-state index is -2.67. The number of ether oxygens (including phenoxy) is 1. The first-order valence-electron chi connectivity index (χ1n) is 7.39. The van der Waals surface area contributed by atoms with Gasteiger partial charge in [0.1, 0.15) is 5.82 Å². The minimum absolute atomic E-state index is 0.253. The third kappa shape index (κ3) is 2.72. The van der Waals surface area contributed by atoms with Crippen molar-refractivity contribution in [1.29, 1.82) is 4.78 Å². The van der Waals surface area contributed by atoms with Gasteiger partial charge in [-0.25, -0.2) is 14.2 Å². The van der Waals surface area contributed by atoms with Crippen molar-refractivity contribution in [3.05, 3.63) is 11.8 Å². The van der Waals surface area contributed by atoms with Crippen LogP contribution in [0.2, 0.25) is 0 Å². The molecule has 0 amide bonds. The van der Waals surface area contributed by atoms with Gasteiger partial charge in [-0.05, 0) is 26.0 Å². The van der Waals surface area contributed by atoms with Gasteiger partial charge in [-0.3, -0.25) is 4.78 Å². The van der Waals surface area contributed by atoms with E-state index in [0.29, 0.717) is 18.4 Å². The lowest BCUT2D eigenvalue weighted by Crippen LogP contribution is -2.44. The molecule has 0 aromatic carbocycles. The van der Waals surface area contributed by atoms with Crippen LogP contribution in [-0.2, 0) is 19.2 Å². The van der Waals surface area contributed by atoms with Crippen molar-refractivity contribution in [3.8, 4) is 0 Å². The van der Waals surface area contributed by atoms with Gasteiger partial charge in [-0.1, -0.05) is 11.8 Å². The molecule has 2 fully saturated rings. The third-order valence-corrected chi connectivity index (χ3v) is 7.11. The number of aromatic nitrogens is 2. The van der Waals surface area contributed by atoms with Crippen LogP contribution >= 0.6 is 11.8 Å². The highest BCUT2D eigenvalue weighted by Gasteiger charge is 2.53. The lowest BCUT2D eigenvalue weighted by Gasteiger charge is -2.34. The first kappa shape index (κ1) is 16.0. The maximum absolute atomic E-state index is 12.4. The summed E-state index contributed by atoms with van der Waals surface area (Å²) in [5.74, 6) is 0.861. The van der Waals surface area contributed by atoms with Gasteiger partial charge < -0.3 is 9.64 Å². The average Bonchev–Trinajstić information content (AvgIpc) is 3.28. The SMILES string of the molecule is CSc1nc(N2CCOC[C@H]2C)cc(C2([S@](C)(=N)=O)CC2)n1. The molecule has 0 unspecified atom stereocenters. The summed E-state index contributed by atoms with van der Waals surface area (Å²) >= 11 is 1.48. The zero-order chi connectivity index (χ0) is 16.0. The third-order valence-electron chi connectivity index (χ3n) is 4.45. The van der Waals surface area contributed by atoms with Crippen LogP contribution in [-0.4, -0.2) is 52.5 Å². The maximum atomic E-state index is 12.4. The van der Waals surface area contributed by atoms with Crippen LogP contribution in [0.3, 0.4) is 0 Å². The smallest absolute Gasteiger partial charge is 0.189 e. The van der Waals surface area contributed by atoms with Crippen LogP contribution in [0.25, 0.3) is 0 Å². The highest BCUT2D eigenvalue weighted by Crippen LogP contribution is 2.52. The van der Waals surface area contributed by atoms with Gasteiger partial charge in [0.05, 0.1) is 39.4 Å². The first-order chi connectivity index (χ1) is 10.4. The second kappa shape index (κ2) is 5.65. The van der Waals surface area contributed by atoms with E-state index in [-0.39, 0.29) is 6.04 Å². The number of hydrogen-bond donors (Lipinski definition) is 1. The number of nitrogens with one attached hydrogen (secondary N) is 1. The van der Waals surface area contributed by atoms with E-state index in [1.165, 1.54) is 18.0 Å². The van der Waals surface area contributed by atoms with E-state index in [1.807, 2.05) is 12.3 Å². The Morgan fingerprint density at radius 3 is 2.77 bits per heavy atom. The normalized spacial score (nSPS) is 26.5.